The fourth-order valence-corrected chi connectivity index (χ4v) is 3.32. The van der Waals surface area contributed by atoms with Gasteiger partial charge >= 0.3 is 0 Å². The minimum Gasteiger partial charge on any atom is -0.334 e. The first-order valence-corrected chi connectivity index (χ1v) is 8.91. The largest absolute Gasteiger partial charge is 0.334 e. The highest BCUT2D eigenvalue weighted by molar-refractivity contribution is 5.52. The molecule has 0 spiro atoms. The van der Waals surface area contributed by atoms with Crippen LogP contribution in [-0.2, 0) is 13.1 Å². The van der Waals surface area contributed by atoms with Crippen LogP contribution in [0.3, 0.4) is 0 Å². The first-order chi connectivity index (χ1) is 11.7. The molecule has 3 rings (SSSR count). The zero-order chi connectivity index (χ0) is 16.8. The van der Waals surface area contributed by atoms with Crippen LogP contribution in [0.2, 0.25) is 0 Å². The summed E-state index contributed by atoms with van der Waals surface area (Å²) in [5.74, 6) is 1.19. The van der Waals surface area contributed by atoms with Gasteiger partial charge < -0.3 is 4.57 Å². The summed E-state index contributed by atoms with van der Waals surface area (Å²) in [6, 6.07) is 10.6. The summed E-state index contributed by atoms with van der Waals surface area (Å²) >= 11 is 0. The molecule has 0 N–H and O–H groups in total. The Kier molecular flexibility index (Phi) is 5.83. The quantitative estimate of drug-likeness (QED) is 0.816. The Balaban J connectivity index is 1.47. The van der Waals surface area contributed by atoms with Crippen molar-refractivity contribution in [1.29, 1.82) is 0 Å². The highest BCUT2D eigenvalue weighted by atomic mass is 15.3. The van der Waals surface area contributed by atoms with E-state index >= 15 is 0 Å². The van der Waals surface area contributed by atoms with Crippen LogP contribution in [0.1, 0.15) is 25.2 Å². The summed E-state index contributed by atoms with van der Waals surface area (Å²) in [5, 5.41) is 0. The van der Waals surface area contributed by atoms with E-state index in [4.69, 9.17) is 0 Å². The topological polar surface area (TPSA) is 24.3 Å². The molecule has 2 heterocycles. The van der Waals surface area contributed by atoms with E-state index in [1.54, 1.807) is 0 Å². The zero-order valence-electron chi connectivity index (χ0n) is 14.9. The molecule has 1 saturated heterocycles. The molecule has 1 aliphatic heterocycles. The molecule has 0 aliphatic carbocycles. The summed E-state index contributed by atoms with van der Waals surface area (Å²) in [4.78, 5) is 9.56. The number of hydrogen-bond donors (Lipinski definition) is 0. The summed E-state index contributed by atoms with van der Waals surface area (Å²) in [7, 11) is 0. The predicted molar refractivity (Wildman–Crippen MR) is 99.7 cm³/mol. The molecule has 1 aromatic carbocycles. The molecule has 0 amide bonds. The molecule has 0 radical (unpaired) electrons. The van der Waals surface area contributed by atoms with E-state index in [1.807, 2.05) is 6.20 Å². The molecule has 2 aromatic rings. The van der Waals surface area contributed by atoms with E-state index in [-0.39, 0.29) is 0 Å². The van der Waals surface area contributed by atoms with Crippen molar-refractivity contribution in [3.8, 4) is 0 Å². The number of piperazine rings is 1. The van der Waals surface area contributed by atoms with Crippen molar-refractivity contribution in [3.05, 3.63) is 59.7 Å². The second kappa shape index (κ2) is 8.27. The van der Waals surface area contributed by atoms with Crippen LogP contribution < -0.4 is 0 Å². The third kappa shape index (κ3) is 4.56. The van der Waals surface area contributed by atoms with Gasteiger partial charge in [-0.05, 0) is 19.4 Å². The Morgan fingerprint density at radius 2 is 1.79 bits per heavy atom. The third-order valence-corrected chi connectivity index (χ3v) is 4.66. The van der Waals surface area contributed by atoms with Crippen molar-refractivity contribution >= 4 is 6.08 Å². The van der Waals surface area contributed by atoms with Crippen LogP contribution in [0.15, 0.2) is 48.3 Å². The second-order valence-corrected chi connectivity index (χ2v) is 6.58. The van der Waals surface area contributed by atoms with Crippen LogP contribution in [0, 0.1) is 0 Å². The minimum absolute atomic E-state index is 0.966. The lowest BCUT2D eigenvalue weighted by Gasteiger charge is -2.34. The molecule has 0 unspecified atom stereocenters. The van der Waals surface area contributed by atoms with E-state index in [0.717, 1.165) is 45.8 Å². The number of aryl methyl sites for hydroxylation is 1. The van der Waals surface area contributed by atoms with E-state index in [9.17, 15) is 0 Å². The molecule has 4 nitrogen and oxygen atoms in total. The first kappa shape index (κ1) is 16.9. The lowest BCUT2D eigenvalue weighted by atomic mass is 10.1. The SMILES string of the molecule is CCn1ccnc1CN1CCN(C/C(C)=C/c2ccccc2)CC1. The highest BCUT2D eigenvalue weighted by Crippen LogP contribution is 2.11. The van der Waals surface area contributed by atoms with Gasteiger partial charge in [0.05, 0.1) is 6.54 Å². The monoisotopic (exact) mass is 324 g/mol. The molecule has 4 heteroatoms. The maximum absolute atomic E-state index is 4.49. The fourth-order valence-electron chi connectivity index (χ4n) is 3.32. The third-order valence-electron chi connectivity index (χ3n) is 4.66. The van der Waals surface area contributed by atoms with Gasteiger partial charge in [0, 0.05) is 51.7 Å². The van der Waals surface area contributed by atoms with Crippen LogP contribution in [0.25, 0.3) is 6.08 Å². The lowest BCUT2D eigenvalue weighted by Crippen LogP contribution is -2.46. The number of rotatable bonds is 6. The van der Waals surface area contributed by atoms with Crippen molar-refractivity contribution in [1.82, 2.24) is 19.4 Å². The molecular weight excluding hydrogens is 296 g/mol. The Bertz CT molecular complexity index is 651. The average Bonchev–Trinajstić information content (AvgIpc) is 3.04. The summed E-state index contributed by atoms with van der Waals surface area (Å²) in [6.07, 6.45) is 6.28. The normalized spacial score (nSPS) is 17.3. The highest BCUT2D eigenvalue weighted by Gasteiger charge is 2.18. The van der Waals surface area contributed by atoms with Crippen molar-refractivity contribution in [2.75, 3.05) is 32.7 Å². The molecule has 1 fully saturated rings. The first-order valence-electron chi connectivity index (χ1n) is 8.91. The zero-order valence-corrected chi connectivity index (χ0v) is 14.9. The summed E-state index contributed by atoms with van der Waals surface area (Å²) in [5.41, 5.74) is 2.72. The smallest absolute Gasteiger partial charge is 0.122 e. The van der Waals surface area contributed by atoms with Crippen molar-refractivity contribution in [3.63, 3.8) is 0 Å². The van der Waals surface area contributed by atoms with E-state index in [2.05, 4.69) is 75.8 Å². The second-order valence-electron chi connectivity index (χ2n) is 6.58. The molecule has 0 atom stereocenters. The molecular formula is C20H28N4. The molecule has 0 saturated carbocycles. The summed E-state index contributed by atoms with van der Waals surface area (Å²) < 4.78 is 2.24. The van der Waals surface area contributed by atoms with Gasteiger partial charge in [-0.15, -0.1) is 0 Å². The molecule has 128 valence electrons. The van der Waals surface area contributed by atoms with Gasteiger partial charge in [-0.2, -0.15) is 0 Å². The van der Waals surface area contributed by atoms with E-state index in [1.165, 1.54) is 17.0 Å². The molecule has 1 aliphatic rings. The maximum atomic E-state index is 4.49. The number of aromatic nitrogens is 2. The Morgan fingerprint density at radius 1 is 1.08 bits per heavy atom. The van der Waals surface area contributed by atoms with E-state index < -0.39 is 0 Å². The Labute approximate surface area is 145 Å². The van der Waals surface area contributed by atoms with Gasteiger partial charge in [-0.3, -0.25) is 9.80 Å². The number of imidazole rings is 1. The Hall–Kier alpha value is -1.91. The van der Waals surface area contributed by atoms with Gasteiger partial charge in [0.1, 0.15) is 5.82 Å². The fraction of sp³-hybridized carbons (Fsp3) is 0.450. The standard InChI is InChI=1S/C20H28N4/c1-3-24-10-9-21-20(24)17-23-13-11-22(12-14-23)16-18(2)15-19-7-5-4-6-8-19/h4-10,15H,3,11-14,16-17H2,1-2H3/b18-15+. The maximum Gasteiger partial charge on any atom is 0.122 e. The van der Waals surface area contributed by atoms with Gasteiger partial charge in [-0.1, -0.05) is 42.0 Å². The Morgan fingerprint density at radius 3 is 2.50 bits per heavy atom. The van der Waals surface area contributed by atoms with Crippen LogP contribution >= 0.6 is 0 Å². The average molecular weight is 324 g/mol. The van der Waals surface area contributed by atoms with Crippen LogP contribution in [0.5, 0.6) is 0 Å². The van der Waals surface area contributed by atoms with Crippen molar-refractivity contribution in [2.24, 2.45) is 0 Å². The lowest BCUT2D eigenvalue weighted by molar-refractivity contribution is 0.131. The summed E-state index contributed by atoms with van der Waals surface area (Å²) in [6.45, 7) is 11.9. The molecule has 0 bridgehead atoms. The van der Waals surface area contributed by atoms with E-state index in [0.29, 0.717) is 0 Å². The van der Waals surface area contributed by atoms with Gasteiger partial charge in [0.2, 0.25) is 0 Å². The number of hydrogen-bond acceptors (Lipinski definition) is 3. The van der Waals surface area contributed by atoms with Crippen LogP contribution in [0.4, 0.5) is 0 Å². The number of nitrogens with zero attached hydrogens (tertiary/aromatic N) is 4. The predicted octanol–water partition coefficient (Wildman–Crippen LogP) is 3.12. The number of benzene rings is 1. The van der Waals surface area contributed by atoms with Gasteiger partial charge in [-0.25, -0.2) is 4.98 Å². The molecule has 24 heavy (non-hydrogen) atoms. The van der Waals surface area contributed by atoms with Gasteiger partial charge in [0.25, 0.3) is 0 Å². The molecule has 1 aromatic heterocycles. The van der Waals surface area contributed by atoms with Crippen LogP contribution in [-0.4, -0.2) is 52.1 Å². The van der Waals surface area contributed by atoms with Crippen molar-refractivity contribution < 1.29 is 0 Å². The van der Waals surface area contributed by atoms with Crippen molar-refractivity contribution in [2.45, 2.75) is 26.9 Å². The van der Waals surface area contributed by atoms with Gasteiger partial charge in [0.15, 0.2) is 0 Å². The minimum atomic E-state index is 0.966.